The van der Waals surface area contributed by atoms with Crippen molar-refractivity contribution < 1.29 is 4.79 Å². The minimum absolute atomic E-state index is 0.0856. The molecule has 0 saturated heterocycles. The average Bonchev–Trinajstić information content (AvgIpc) is 3.25. The van der Waals surface area contributed by atoms with Gasteiger partial charge < -0.3 is 5.32 Å². The molecule has 164 valence electrons. The van der Waals surface area contributed by atoms with Crippen molar-refractivity contribution in [2.75, 3.05) is 5.32 Å². The Hall–Kier alpha value is -3.97. The summed E-state index contributed by atoms with van der Waals surface area (Å²) in [6, 6.07) is 20.4. The van der Waals surface area contributed by atoms with Crippen LogP contribution in [0.1, 0.15) is 27.3 Å². The van der Waals surface area contributed by atoms with Crippen molar-refractivity contribution in [3.05, 3.63) is 105 Å². The number of benzene rings is 3. The summed E-state index contributed by atoms with van der Waals surface area (Å²) in [6.45, 7) is 4.38. The third-order valence-electron chi connectivity index (χ3n) is 5.59. The minimum Gasteiger partial charge on any atom is -0.319 e. The first-order valence-electron chi connectivity index (χ1n) is 10.4. The molecule has 0 unspecified atom stereocenters. The van der Waals surface area contributed by atoms with Crippen LogP contribution in [-0.4, -0.2) is 25.1 Å². The number of aryl methyl sites for hydroxylation is 2. The van der Waals surface area contributed by atoms with E-state index >= 15 is 0 Å². The van der Waals surface area contributed by atoms with Crippen molar-refractivity contribution in [1.29, 1.82) is 0 Å². The topological polar surface area (TPSA) is 81.3 Å². The summed E-state index contributed by atoms with van der Waals surface area (Å²) >= 11 is 5.91. The Morgan fingerprint density at radius 1 is 1.00 bits per heavy atom. The summed E-state index contributed by atoms with van der Waals surface area (Å²) in [5.74, 6) is -0.594. The van der Waals surface area contributed by atoms with E-state index in [2.05, 4.69) is 15.4 Å². The molecule has 8 heteroatoms. The van der Waals surface area contributed by atoms with Crippen LogP contribution in [0.5, 0.6) is 0 Å². The lowest BCUT2D eigenvalue weighted by Crippen LogP contribution is -2.24. The number of nitrogens with zero attached hydrogens (tertiary/aromatic N) is 4. The molecule has 0 atom stereocenters. The number of hydrogen-bond acceptors (Lipinski definition) is 4. The molecule has 3 aromatic carbocycles. The van der Waals surface area contributed by atoms with E-state index in [1.54, 1.807) is 28.8 Å². The van der Waals surface area contributed by atoms with Gasteiger partial charge in [0, 0.05) is 10.7 Å². The third-order valence-corrected chi connectivity index (χ3v) is 5.84. The van der Waals surface area contributed by atoms with Crippen molar-refractivity contribution >= 4 is 39.9 Å². The van der Waals surface area contributed by atoms with Gasteiger partial charge >= 0.3 is 0 Å². The van der Waals surface area contributed by atoms with Gasteiger partial charge in [0.25, 0.3) is 11.5 Å². The van der Waals surface area contributed by atoms with Crippen molar-refractivity contribution in [1.82, 2.24) is 19.2 Å². The van der Waals surface area contributed by atoms with Crippen LogP contribution in [0.25, 0.3) is 16.7 Å². The highest BCUT2D eigenvalue weighted by molar-refractivity contribution is 6.30. The summed E-state index contributed by atoms with van der Waals surface area (Å²) in [5, 5.41) is 7.67. The maximum atomic E-state index is 13.5. The van der Waals surface area contributed by atoms with Gasteiger partial charge in [-0.2, -0.15) is 4.98 Å². The molecule has 2 aromatic heterocycles. The van der Waals surface area contributed by atoms with Gasteiger partial charge in [-0.25, -0.2) is 4.52 Å². The number of halogens is 1. The quantitative estimate of drug-likeness (QED) is 0.427. The van der Waals surface area contributed by atoms with Crippen LogP contribution in [0, 0.1) is 13.8 Å². The van der Waals surface area contributed by atoms with Crippen LogP contribution in [0.3, 0.4) is 0 Å². The highest BCUT2D eigenvalue weighted by Gasteiger charge is 2.20. The molecule has 2 heterocycles. The fourth-order valence-electron chi connectivity index (χ4n) is 3.81. The van der Waals surface area contributed by atoms with Crippen LogP contribution in [0.4, 0.5) is 5.69 Å². The van der Waals surface area contributed by atoms with Crippen molar-refractivity contribution in [2.45, 2.75) is 20.4 Å². The van der Waals surface area contributed by atoms with E-state index in [1.807, 2.05) is 56.3 Å². The number of amides is 1. The number of rotatable bonds is 4. The molecule has 0 bridgehead atoms. The van der Waals surface area contributed by atoms with Crippen molar-refractivity contribution in [3.8, 4) is 0 Å². The highest BCUT2D eigenvalue weighted by atomic mass is 35.5. The van der Waals surface area contributed by atoms with E-state index in [1.165, 1.54) is 4.52 Å². The van der Waals surface area contributed by atoms with E-state index < -0.39 is 5.91 Å². The molecule has 1 amide bonds. The van der Waals surface area contributed by atoms with Gasteiger partial charge in [0.05, 0.1) is 17.6 Å². The summed E-state index contributed by atoms with van der Waals surface area (Å²) in [4.78, 5) is 30.6. The number of fused-ring (bicyclic) bond motifs is 3. The number of carbonyl (C=O) groups is 1. The van der Waals surface area contributed by atoms with Crippen LogP contribution >= 0.6 is 11.6 Å². The van der Waals surface area contributed by atoms with E-state index in [4.69, 9.17) is 11.6 Å². The average molecular weight is 458 g/mol. The van der Waals surface area contributed by atoms with Gasteiger partial charge in [0.15, 0.2) is 0 Å². The largest absolute Gasteiger partial charge is 0.319 e. The second-order valence-electron chi connectivity index (χ2n) is 7.94. The van der Waals surface area contributed by atoms with Crippen LogP contribution < -0.4 is 10.9 Å². The lowest BCUT2D eigenvalue weighted by molar-refractivity contribution is 0.101. The Labute approximate surface area is 194 Å². The number of carbonyl (C=O) groups excluding carboxylic acids is 1. The predicted octanol–water partition coefficient (Wildman–Crippen LogP) is 4.62. The zero-order valence-electron chi connectivity index (χ0n) is 18.0. The SMILES string of the molecule is Cc1ccc2c(c1)n(Cc1ccccc1C)c(=O)c1nc(C(=O)Nc3ccc(Cl)cc3)nn12. The second-order valence-corrected chi connectivity index (χ2v) is 8.38. The van der Waals surface area contributed by atoms with Crippen molar-refractivity contribution in [2.24, 2.45) is 0 Å². The Bertz CT molecular complexity index is 1590. The van der Waals surface area contributed by atoms with Gasteiger partial charge in [-0.05, 0) is 66.9 Å². The monoisotopic (exact) mass is 457 g/mol. The molecule has 1 N–H and O–H groups in total. The van der Waals surface area contributed by atoms with Gasteiger partial charge in [-0.3, -0.25) is 14.2 Å². The van der Waals surface area contributed by atoms with Crippen molar-refractivity contribution in [3.63, 3.8) is 0 Å². The van der Waals surface area contributed by atoms with E-state index in [0.29, 0.717) is 22.8 Å². The molecular weight excluding hydrogens is 438 g/mol. The predicted molar refractivity (Wildman–Crippen MR) is 129 cm³/mol. The fraction of sp³-hybridized carbons (Fsp3) is 0.120. The zero-order valence-corrected chi connectivity index (χ0v) is 18.8. The lowest BCUT2D eigenvalue weighted by Gasteiger charge is -2.13. The molecule has 0 aliphatic rings. The maximum absolute atomic E-state index is 13.5. The Morgan fingerprint density at radius 2 is 1.76 bits per heavy atom. The highest BCUT2D eigenvalue weighted by Crippen LogP contribution is 2.19. The molecule has 33 heavy (non-hydrogen) atoms. The molecule has 5 rings (SSSR count). The van der Waals surface area contributed by atoms with Crippen LogP contribution in [-0.2, 0) is 6.54 Å². The fourth-order valence-corrected chi connectivity index (χ4v) is 3.93. The Balaban J connectivity index is 1.65. The van der Waals surface area contributed by atoms with Gasteiger partial charge in [0.2, 0.25) is 11.5 Å². The smallest absolute Gasteiger partial charge is 0.296 e. The first-order valence-corrected chi connectivity index (χ1v) is 10.8. The number of aromatic nitrogens is 4. The molecule has 0 aliphatic heterocycles. The molecule has 0 aliphatic carbocycles. The summed E-state index contributed by atoms with van der Waals surface area (Å²) < 4.78 is 3.14. The normalized spacial score (nSPS) is 11.2. The molecule has 5 aromatic rings. The summed E-state index contributed by atoms with van der Waals surface area (Å²) in [5.41, 5.74) is 4.91. The molecule has 0 fully saturated rings. The molecule has 7 nitrogen and oxygen atoms in total. The zero-order chi connectivity index (χ0) is 23.1. The van der Waals surface area contributed by atoms with Crippen LogP contribution in [0.15, 0.2) is 71.5 Å². The van der Waals surface area contributed by atoms with Gasteiger partial charge in [-0.1, -0.05) is 41.9 Å². The second kappa shape index (κ2) is 8.18. The van der Waals surface area contributed by atoms with Crippen LogP contribution in [0.2, 0.25) is 5.02 Å². The summed E-state index contributed by atoms with van der Waals surface area (Å²) in [6.07, 6.45) is 0. The van der Waals surface area contributed by atoms with E-state index in [0.717, 1.165) is 22.2 Å². The number of hydrogen-bond donors (Lipinski definition) is 1. The standard InChI is InChI=1S/C25H20ClN5O2/c1-15-7-12-20-21(13-15)30(14-17-6-4-3-5-16(17)2)25(33)23-28-22(29-31(20)23)24(32)27-19-10-8-18(26)9-11-19/h3-13H,14H2,1-2H3,(H,27,32). The van der Waals surface area contributed by atoms with E-state index in [9.17, 15) is 9.59 Å². The first kappa shape index (κ1) is 20.9. The molecule has 0 saturated carbocycles. The Morgan fingerprint density at radius 3 is 2.52 bits per heavy atom. The molecular formula is C25H20ClN5O2. The Kier molecular flexibility index (Phi) is 5.18. The first-order chi connectivity index (χ1) is 15.9. The summed E-state index contributed by atoms with van der Waals surface area (Å²) in [7, 11) is 0. The van der Waals surface area contributed by atoms with E-state index in [-0.39, 0.29) is 17.0 Å². The minimum atomic E-state index is -0.508. The number of anilines is 1. The lowest BCUT2D eigenvalue weighted by atomic mass is 10.1. The third kappa shape index (κ3) is 3.87. The van der Waals surface area contributed by atoms with Gasteiger partial charge in [-0.15, -0.1) is 5.10 Å². The maximum Gasteiger partial charge on any atom is 0.296 e. The molecule has 0 radical (unpaired) electrons. The number of nitrogens with one attached hydrogen (secondary N) is 1. The molecule has 0 spiro atoms. The van der Waals surface area contributed by atoms with Gasteiger partial charge in [0.1, 0.15) is 0 Å².